The monoisotopic (exact) mass is 529 g/mol. The van der Waals surface area contributed by atoms with Gasteiger partial charge in [-0.3, -0.25) is 3.53 Å². The van der Waals surface area contributed by atoms with Gasteiger partial charge in [0.15, 0.2) is 0 Å². The zero-order chi connectivity index (χ0) is 15.8. The third-order valence-electron chi connectivity index (χ3n) is 4.41. The molecule has 1 saturated carbocycles. The van der Waals surface area contributed by atoms with Crippen LogP contribution in [0.3, 0.4) is 0 Å². The summed E-state index contributed by atoms with van der Waals surface area (Å²) in [5.74, 6) is 2.11. The second-order valence-electron chi connectivity index (χ2n) is 6.21. The third kappa shape index (κ3) is 5.79. The number of hydrogen-bond donors (Lipinski definition) is 1. The molecule has 1 aromatic rings. The zero-order valence-corrected chi connectivity index (χ0v) is 17.4. The van der Waals surface area contributed by atoms with Crippen LogP contribution in [0.2, 0.25) is 0 Å². The lowest BCUT2D eigenvalue weighted by molar-refractivity contribution is 0.201. The van der Waals surface area contributed by atoms with Gasteiger partial charge in [0.2, 0.25) is 0 Å². The largest absolute Gasteiger partial charge is 0.493 e. The molecule has 1 aliphatic carbocycles. The van der Waals surface area contributed by atoms with Gasteiger partial charge in [-0.15, -0.1) is 0 Å². The molecule has 0 aromatic heterocycles. The van der Waals surface area contributed by atoms with Gasteiger partial charge < -0.3 is 7.80 Å². The van der Waals surface area contributed by atoms with Gasteiger partial charge in [0.05, 0.1) is 12.7 Å². The number of nitrogens with one attached hydrogen (secondary N) is 1. The van der Waals surface area contributed by atoms with E-state index >= 15 is 0 Å². The highest BCUT2D eigenvalue weighted by Crippen LogP contribution is 2.31. The van der Waals surface area contributed by atoms with E-state index in [-0.39, 0.29) is 6.10 Å². The molecule has 0 bridgehead atoms. The predicted octanol–water partition coefficient (Wildman–Crippen LogP) is 5.63. The molecule has 0 radical (unpaired) electrons. The van der Waals surface area contributed by atoms with Gasteiger partial charge in [0.25, 0.3) is 0 Å². The summed E-state index contributed by atoms with van der Waals surface area (Å²) in [6.07, 6.45) is 6.83. The molecule has 0 unspecified atom stereocenters. The van der Waals surface area contributed by atoms with Crippen LogP contribution in [-0.4, -0.2) is 13.2 Å². The maximum Gasteiger partial charge on any atom is 0.119 e. The average Bonchev–Trinajstić information content (AvgIpc) is 2.55. The maximum atomic E-state index is 6.05. The number of benzene rings is 1. The average molecular weight is 529 g/mol. The van der Waals surface area contributed by atoms with E-state index in [0.29, 0.717) is 5.92 Å². The van der Waals surface area contributed by atoms with Gasteiger partial charge >= 0.3 is 0 Å². The summed E-state index contributed by atoms with van der Waals surface area (Å²) in [6.45, 7) is 3.97. The minimum absolute atomic E-state index is 0.0843. The van der Waals surface area contributed by atoms with Gasteiger partial charge in [0.1, 0.15) is 28.8 Å². The van der Waals surface area contributed by atoms with E-state index in [2.05, 4.69) is 57.6 Å². The van der Waals surface area contributed by atoms with Crippen molar-refractivity contribution >= 4 is 45.9 Å². The highest BCUT2D eigenvalue weighted by atomic mass is 127. The Morgan fingerprint density at radius 3 is 2.73 bits per heavy atom. The normalized spacial score (nSPS) is 18.9. The fourth-order valence-electron chi connectivity index (χ4n) is 3.05. The molecular formula is C17H25I2NO2. The van der Waals surface area contributed by atoms with E-state index in [1.165, 1.54) is 37.7 Å². The molecule has 0 saturated heterocycles. The second-order valence-corrected chi connectivity index (χ2v) is 7.48. The van der Waals surface area contributed by atoms with E-state index in [9.17, 15) is 0 Å². The molecule has 0 aliphatic heterocycles. The summed E-state index contributed by atoms with van der Waals surface area (Å²) in [6, 6.07) is 8.38. The van der Waals surface area contributed by atoms with Crippen LogP contribution in [0.5, 0.6) is 5.75 Å². The fourth-order valence-corrected chi connectivity index (χ4v) is 4.54. The Balaban J connectivity index is 1.95. The van der Waals surface area contributed by atoms with E-state index in [4.69, 9.17) is 7.80 Å². The van der Waals surface area contributed by atoms with Gasteiger partial charge in [-0.2, -0.15) is 0 Å². The second kappa shape index (κ2) is 10.3. The molecule has 1 fully saturated rings. The first-order valence-corrected chi connectivity index (χ1v) is 10.0. The highest BCUT2D eigenvalue weighted by molar-refractivity contribution is 14.1. The lowest BCUT2D eigenvalue weighted by Gasteiger charge is -2.23. The Morgan fingerprint density at radius 1 is 1.27 bits per heavy atom. The maximum absolute atomic E-state index is 6.05. The fraction of sp³-hybridized carbons (Fsp3) is 0.647. The van der Waals surface area contributed by atoms with Crippen LogP contribution in [0.4, 0.5) is 0 Å². The summed E-state index contributed by atoms with van der Waals surface area (Å²) < 4.78 is 14.9. The van der Waals surface area contributed by atoms with Gasteiger partial charge in [-0.25, -0.2) is 0 Å². The first kappa shape index (κ1) is 18.7. The van der Waals surface area contributed by atoms with Crippen LogP contribution in [0, 0.1) is 11.8 Å². The highest BCUT2D eigenvalue weighted by Gasteiger charge is 2.20. The summed E-state index contributed by atoms with van der Waals surface area (Å²) in [5, 5.41) is 0. The van der Waals surface area contributed by atoms with Crippen molar-refractivity contribution in [2.75, 3.05) is 13.2 Å². The van der Waals surface area contributed by atoms with Crippen molar-refractivity contribution in [1.29, 1.82) is 0 Å². The first-order chi connectivity index (χ1) is 10.7. The number of hydrogen-bond acceptors (Lipinski definition) is 3. The molecule has 0 heterocycles. The number of ether oxygens (including phenoxy) is 1. The van der Waals surface area contributed by atoms with Gasteiger partial charge in [-0.1, -0.05) is 38.3 Å². The molecule has 124 valence electrons. The Bertz CT molecular complexity index is 438. The molecular weight excluding hydrogens is 504 g/mol. The van der Waals surface area contributed by atoms with E-state index in [1.807, 2.05) is 23.0 Å². The number of halogens is 2. The third-order valence-corrected chi connectivity index (χ3v) is 5.40. The van der Waals surface area contributed by atoms with Crippen LogP contribution in [-0.2, 0) is 3.07 Å². The predicted molar refractivity (Wildman–Crippen MR) is 108 cm³/mol. The summed E-state index contributed by atoms with van der Waals surface area (Å²) in [5.41, 5.74) is 1.19. The molecule has 1 aromatic carbocycles. The molecule has 3 nitrogen and oxygen atoms in total. The van der Waals surface area contributed by atoms with Crippen molar-refractivity contribution in [2.45, 2.75) is 45.1 Å². The Morgan fingerprint density at radius 2 is 2.05 bits per heavy atom. The van der Waals surface area contributed by atoms with Crippen molar-refractivity contribution in [2.24, 2.45) is 11.8 Å². The minimum atomic E-state index is 0.0843. The van der Waals surface area contributed by atoms with Crippen LogP contribution in [0.1, 0.15) is 50.7 Å². The standard InChI is InChI=1S/C17H25I2NO2/c1-13(11-20-18)17(22-19)15-8-5-9-16(10-15)21-12-14-6-3-2-4-7-14/h5,8-10,13-14,17,20H,2-4,6-7,11-12H2,1H3/t13-,17-/m1/s1. The van der Waals surface area contributed by atoms with E-state index in [0.717, 1.165) is 24.8 Å². The first-order valence-electron chi connectivity index (χ1n) is 8.08. The molecule has 22 heavy (non-hydrogen) atoms. The van der Waals surface area contributed by atoms with Crippen molar-refractivity contribution < 1.29 is 7.80 Å². The lowest BCUT2D eigenvalue weighted by Crippen LogP contribution is -2.19. The van der Waals surface area contributed by atoms with Crippen LogP contribution in [0.25, 0.3) is 0 Å². The van der Waals surface area contributed by atoms with Crippen molar-refractivity contribution in [3.63, 3.8) is 0 Å². The van der Waals surface area contributed by atoms with Crippen LogP contribution in [0.15, 0.2) is 24.3 Å². The molecule has 5 heteroatoms. The quantitative estimate of drug-likeness (QED) is 0.350. The zero-order valence-electron chi connectivity index (χ0n) is 13.1. The smallest absolute Gasteiger partial charge is 0.119 e. The molecule has 0 spiro atoms. The summed E-state index contributed by atoms with van der Waals surface area (Å²) in [4.78, 5) is 0. The van der Waals surface area contributed by atoms with Crippen LogP contribution >= 0.6 is 45.9 Å². The molecule has 2 atom stereocenters. The minimum Gasteiger partial charge on any atom is -0.493 e. The SMILES string of the molecule is C[C@H](CNI)[C@@H](OI)c1cccc(OCC2CCCCC2)c1. The summed E-state index contributed by atoms with van der Waals surface area (Å²) >= 11 is 4.19. The molecule has 1 aliphatic rings. The van der Waals surface area contributed by atoms with Crippen molar-refractivity contribution in [1.82, 2.24) is 3.53 Å². The Labute approximate surface area is 162 Å². The van der Waals surface area contributed by atoms with Crippen molar-refractivity contribution in [3.8, 4) is 5.75 Å². The number of rotatable bonds is 8. The molecule has 0 amide bonds. The molecule has 1 N–H and O–H groups in total. The molecule has 2 rings (SSSR count). The van der Waals surface area contributed by atoms with Gasteiger partial charge in [0, 0.05) is 35.3 Å². The van der Waals surface area contributed by atoms with Crippen LogP contribution < -0.4 is 8.27 Å². The summed E-state index contributed by atoms with van der Waals surface area (Å²) in [7, 11) is 0. The Kier molecular flexibility index (Phi) is 8.77. The van der Waals surface area contributed by atoms with E-state index in [1.54, 1.807) is 0 Å². The Hall–Kier alpha value is 0.400. The van der Waals surface area contributed by atoms with Crippen molar-refractivity contribution in [3.05, 3.63) is 29.8 Å². The lowest BCUT2D eigenvalue weighted by atomic mass is 9.90. The van der Waals surface area contributed by atoms with Gasteiger partial charge in [-0.05, 0) is 36.5 Å². The van der Waals surface area contributed by atoms with E-state index < -0.39 is 0 Å². The topological polar surface area (TPSA) is 30.5 Å².